The highest BCUT2D eigenvalue weighted by atomic mass is 35.5. The Hall–Kier alpha value is -1.34. The van der Waals surface area contributed by atoms with E-state index in [-0.39, 0.29) is 19.4 Å². The van der Waals surface area contributed by atoms with Crippen molar-refractivity contribution < 1.29 is 24.6 Å². The van der Waals surface area contributed by atoms with Crippen molar-refractivity contribution in [2.45, 2.75) is 18.9 Å². The van der Waals surface area contributed by atoms with E-state index >= 15 is 0 Å². The van der Waals surface area contributed by atoms with Gasteiger partial charge in [-0.2, -0.15) is 0 Å². The average Bonchev–Trinajstić information content (AvgIpc) is 2.11. The van der Waals surface area contributed by atoms with Gasteiger partial charge in [-0.3, -0.25) is 9.59 Å². The molecule has 0 aromatic rings. The number of nitrogens with one attached hydrogen (secondary N) is 2. The molecular weight excluding hydrogens is 228 g/mol. The van der Waals surface area contributed by atoms with Gasteiger partial charge in [0.15, 0.2) is 0 Å². The number of hydrogen-bond donors (Lipinski definition) is 4. The van der Waals surface area contributed by atoms with Gasteiger partial charge in [0.25, 0.3) is 0 Å². The van der Waals surface area contributed by atoms with Crippen LogP contribution >= 0.6 is 11.8 Å². The zero-order valence-electron chi connectivity index (χ0n) is 7.70. The summed E-state index contributed by atoms with van der Waals surface area (Å²) in [5, 5.41) is 19.1. The summed E-state index contributed by atoms with van der Waals surface area (Å²) < 4.78 is 0. The van der Waals surface area contributed by atoms with Crippen molar-refractivity contribution in [1.82, 2.24) is 10.2 Å². The van der Waals surface area contributed by atoms with Crippen molar-refractivity contribution in [3.05, 3.63) is 0 Å². The lowest BCUT2D eigenvalue weighted by atomic mass is 10.1. The van der Waals surface area contributed by atoms with E-state index < -0.39 is 23.9 Å². The molecule has 8 heteroatoms. The summed E-state index contributed by atoms with van der Waals surface area (Å²) in [5.74, 6) is -3.01. The number of carboxylic acids is 2. The van der Waals surface area contributed by atoms with Crippen LogP contribution in [0.2, 0.25) is 0 Å². The van der Waals surface area contributed by atoms with Crippen LogP contribution in [0.4, 0.5) is 0 Å². The summed E-state index contributed by atoms with van der Waals surface area (Å²) in [6.45, 7) is -0.238. The molecule has 0 radical (unpaired) electrons. The van der Waals surface area contributed by atoms with Crippen molar-refractivity contribution in [1.29, 1.82) is 0 Å². The van der Waals surface area contributed by atoms with Crippen molar-refractivity contribution >= 4 is 29.6 Å². The normalized spacial score (nSPS) is 11.8. The largest absolute Gasteiger partial charge is 0.481 e. The maximum atomic E-state index is 10.9. The molecule has 0 bridgehead atoms. The first-order valence-corrected chi connectivity index (χ1v) is 4.42. The number of carbonyl (C=O) groups excluding carboxylic acids is 1. The van der Waals surface area contributed by atoms with Crippen LogP contribution in [0.1, 0.15) is 12.8 Å². The lowest BCUT2D eigenvalue weighted by Gasteiger charge is -2.12. The molecular formula is C7H11ClN2O5. The average molecular weight is 239 g/mol. The smallest absolute Gasteiger partial charge is 0.326 e. The highest BCUT2D eigenvalue weighted by molar-refractivity contribution is 6.14. The molecule has 0 aliphatic heterocycles. The molecule has 0 aromatic heterocycles. The number of hydrogen-bond acceptors (Lipinski definition) is 4. The Kier molecular flexibility index (Phi) is 6.39. The number of carboxylic acid groups (broad SMARTS) is 2. The van der Waals surface area contributed by atoms with Crippen LogP contribution in [0, 0.1) is 0 Å². The monoisotopic (exact) mass is 238 g/mol. The zero-order chi connectivity index (χ0) is 11.8. The van der Waals surface area contributed by atoms with Crippen LogP contribution < -0.4 is 10.2 Å². The van der Waals surface area contributed by atoms with Crippen LogP contribution in [-0.4, -0.2) is 40.6 Å². The van der Waals surface area contributed by atoms with Gasteiger partial charge in [-0.25, -0.2) is 9.63 Å². The molecule has 4 N–H and O–H groups in total. The molecule has 0 aliphatic rings. The molecule has 15 heavy (non-hydrogen) atoms. The van der Waals surface area contributed by atoms with Gasteiger partial charge in [0.1, 0.15) is 6.04 Å². The van der Waals surface area contributed by atoms with Crippen LogP contribution in [-0.2, 0) is 14.4 Å². The molecule has 0 unspecified atom stereocenters. The molecule has 7 nitrogen and oxygen atoms in total. The summed E-state index contributed by atoms with van der Waals surface area (Å²) in [5.41, 5.74) is 0. The number of halogens is 1. The van der Waals surface area contributed by atoms with Crippen molar-refractivity contribution in [2.24, 2.45) is 0 Å². The highest BCUT2D eigenvalue weighted by Gasteiger charge is 2.20. The SMILES string of the molecule is O=C(O)CC[C@H](NC(=O)CNCl)C(=O)O. The van der Waals surface area contributed by atoms with E-state index in [1.165, 1.54) is 0 Å². The maximum Gasteiger partial charge on any atom is 0.326 e. The lowest BCUT2D eigenvalue weighted by Crippen LogP contribution is -2.43. The summed E-state index contributed by atoms with van der Waals surface area (Å²) in [4.78, 5) is 33.8. The molecule has 0 fully saturated rings. The Bertz CT molecular complexity index is 258. The number of carbonyl (C=O) groups is 3. The molecule has 0 aliphatic carbocycles. The minimum absolute atomic E-state index is 0.168. The van der Waals surface area contributed by atoms with E-state index in [9.17, 15) is 14.4 Å². The van der Waals surface area contributed by atoms with Crippen molar-refractivity contribution in [2.75, 3.05) is 6.54 Å². The fraction of sp³-hybridized carbons (Fsp3) is 0.571. The minimum atomic E-state index is -1.28. The predicted octanol–water partition coefficient (Wildman–Crippen LogP) is -0.836. The lowest BCUT2D eigenvalue weighted by molar-refractivity contribution is -0.142. The summed E-state index contributed by atoms with van der Waals surface area (Å²) in [6, 6.07) is -1.21. The second-order valence-electron chi connectivity index (χ2n) is 2.70. The van der Waals surface area contributed by atoms with E-state index in [4.69, 9.17) is 22.0 Å². The molecule has 1 atom stereocenters. The van der Waals surface area contributed by atoms with Gasteiger partial charge in [-0.05, 0) is 18.2 Å². The summed E-state index contributed by atoms with van der Waals surface area (Å²) in [6.07, 6.45) is -0.496. The number of amides is 1. The molecule has 0 saturated carbocycles. The quantitative estimate of drug-likeness (QED) is 0.430. The van der Waals surface area contributed by atoms with Crippen LogP contribution in [0.5, 0.6) is 0 Å². The standard InChI is InChI=1S/C7H11ClN2O5/c8-9-3-5(11)10-4(7(14)15)1-2-6(12)13/h4,9H,1-3H2,(H,10,11)(H,12,13)(H,14,15)/t4-/m0/s1. The van der Waals surface area contributed by atoms with Gasteiger partial charge in [0.2, 0.25) is 5.91 Å². The minimum Gasteiger partial charge on any atom is -0.481 e. The molecule has 86 valence electrons. The molecule has 0 spiro atoms. The maximum absolute atomic E-state index is 10.9. The molecule has 0 saturated heterocycles. The van der Waals surface area contributed by atoms with Crippen LogP contribution in [0.15, 0.2) is 0 Å². The number of aliphatic carboxylic acids is 2. The zero-order valence-corrected chi connectivity index (χ0v) is 8.45. The second kappa shape index (κ2) is 7.02. The van der Waals surface area contributed by atoms with E-state index in [0.717, 1.165) is 0 Å². The fourth-order valence-corrected chi connectivity index (χ4v) is 0.953. The van der Waals surface area contributed by atoms with Crippen LogP contribution in [0.3, 0.4) is 0 Å². The number of rotatable bonds is 7. The Labute approximate surface area is 90.5 Å². The Balaban J connectivity index is 4.10. The van der Waals surface area contributed by atoms with Gasteiger partial charge in [0.05, 0.1) is 6.54 Å². The van der Waals surface area contributed by atoms with E-state index in [1.54, 1.807) is 0 Å². The Morgan fingerprint density at radius 2 is 1.87 bits per heavy atom. The van der Waals surface area contributed by atoms with Crippen molar-refractivity contribution in [3.63, 3.8) is 0 Å². The summed E-state index contributed by atoms with van der Waals surface area (Å²) >= 11 is 5.03. The summed E-state index contributed by atoms with van der Waals surface area (Å²) in [7, 11) is 0. The van der Waals surface area contributed by atoms with Crippen LogP contribution in [0.25, 0.3) is 0 Å². The van der Waals surface area contributed by atoms with Gasteiger partial charge >= 0.3 is 11.9 Å². The first-order valence-electron chi connectivity index (χ1n) is 4.04. The van der Waals surface area contributed by atoms with Gasteiger partial charge < -0.3 is 15.5 Å². The fourth-order valence-electron chi connectivity index (χ4n) is 0.831. The topological polar surface area (TPSA) is 116 Å². The van der Waals surface area contributed by atoms with E-state index in [2.05, 4.69) is 5.32 Å². The Morgan fingerprint density at radius 1 is 1.27 bits per heavy atom. The highest BCUT2D eigenvalue weighted by Crippen LogP contribution is 1.97. The van der Waals surface area contributed by atoms with E-state index in [0.29, 0.717) is 0 Å². The predicted molar refractivity (Wildman–Crippen MR) is 50.3 cm³/mol. The third kappa shape index (κ3) is 6.69. The van der Waals surface area contributed by atoms with Gasteiger partial charge in [-0.15, -0.1) is 0 Å². The van der Waals surface area contributed by atoms with Gasteiger partial charge in [0, 0.05) is 6.42 Å². The van der Waals surface area contributed by atoms with E-state index in [1.807, 2.05) is 4.84 Å². The third-order valence-corrected chi connectivity index (χ3v) is 1.64. The molecule has 0 aromatic carbocycles. The molecule has 0 rings (SSSR count). The van der Waals surface area contributed by atoms with Crippen molar-refractivity contribution in [3.8, 4) is 0 Å². The third-order valence-electron chi connectivity index (χ3n) is 1.51. The molecule has 1 amide bonds. The first-order chi connectivity index (χ1) is 6.97. The Morgan fingerprint density at radius 3 is 2.27 bits per heavy atom. The first kappa shape index (κ1) is 13.7. The van der Waals surface area contributed by atoms with Gasteiger partial charge in [-0.1, -0.05) is 0 Å². The second-order valence-corrected chi connectivity index (χ2v) is 2.97. The molecule has 0 heterocycles.